The maximum Gasteiger partial charge on any atom is 0.281 e. The van der Waals surface area contributed by atoms with Gasteiger partial charge in [-0.1, -0.05) is 36.4 Å². The number of nitrogens with zero attached hydrogens (tertiary/aromatic N) is 4. The topological polar surface area (TPSA) is 113 Å². The Bertz CT molecular complexity index is 1720. The molecular weight excluding hydrogens is 474 g/mol. The van der Waals surface area contributed by atoms with Gasteiger partial charge in [-0.05, 0) is 36.8 Å². The number of nitriles is 1. The van der Waals surface area contributed by atoms with Crippen molar-refractivity contribution in [1.29, 1.82) is 5.26 Å². The number of fused-ring (bicyclic) bond motifs is 2. The number of non-ortho nitro benzene ring substituents is 1. The number of hydrogen-bond acceptors (Lipinski definition) is 6. The van der Waals surface area contributed by atoms with E-state index in [1.807, 2.05) is 49.4 Å². The number of nitrogens with one attached hydrogen (secondary N) is 1. The van der Waals surface area contributed by atoms with Gasteiger partial charge < -0.3 is 4.57 Å². The largest absolute Gasteiger partial charge is 0.340 e. The van der Waals surface area contributed by atoms with Crippen LogP contribution in [0.2, 0.25) is 0 Å². The maximum absolute atomic E-state index is 12.7. The zero-order valence-electron chi connectivity index (χ0n) is 19.1. The second-order valence-corrected chi connectivity index (χ2v) is 9.24. The van der Waals surface area contributed by atoms with Gasteiger partial charge in [0.25, 0.3) is 11.6 Å². The van der Waals surface area contributed by atoms with Crippen molar-refractivity contribution in [2.45, 2.75) is 13.5 Å². The summed E-state index contributed by atoms with van der Waals surface area (Å²) in [5.74, 6) is -0.389. The average molecular weight is 494 g/mol. The minimum absolute atomic E-state index is 0.0189. The molecule has 1 amide bonds. The molecule has 9 heteroatoms. The number of thiophene rings is 1. The minimum atomic E-state index is -0.459. The van der Waals surface area contributed by atoms with Gasteiger partial charge in [0.2, 0.25) is 0 Å². The predicted molar refractivity (Wildman–Crippen MR) is 140 cm³/mol. The molecular formula is C27H19N5O3S. The van der Waals surface area contributed by atoms with Gasteiger partial charge in [0.05, 0.1) is 27.6 Å². The van der Waals surface area contributed by atoms with E-state index in [9.17, 15) is 20.2 Å². The van der Waals surface area contributed by atoms with E-state index in [2.05, 4.69) is 21.2 Å². The molecule has 0 spiro atoms. The molecule has 5 aromatic rings. The summed E-state index contributed by atoms with van der Waals surface area (Å²) in [6, 6.07) is 23.8. The summed E-state index contributed by atoms with van der Waals surface area (Å²) in [6.07, 6.45) is 1.63. The van der Waals surface area contributed by atoms with Gasteiger partial charge in [0.1, 0.15) is 0 Å². The Morgan fingerprint density at radius 1 is 1.17 bits per heavy atom. The Morgan fingerprint density at radius 2 is 1.94 bits per heavy atom. The van der Waals surface area contributed by atoms with Gasteiger partial charge >= 0.3 is 0 Å². The molecule has 2 heterocycles. The van der Waals surface area contributed by atoms with Crippen molar-refractivity contribution in [2.75, 3.05) is 0 Å². The zero-order valence-corrected chi connectivity index (χ0v) is 20.0. The standard InChI is InChI=1S/C27H19N5O3S/c1-17-23(15-29-30-27(33)26-13-20-12-21(32(34)35)10-11-25(20)36-26)22-8-4-5-9-24(22)31(17)16-19-7-3-2-6-18(19)14-28/h2-13,15H,16H2,1H3,(H,30,33). The summed E-state index contributed by atoms with van der Waals surface area (Å²) in [5, 5.41) is 26.3. The van der Waals surface area contributed by atoms with Crippen LogP contribution in [0.5, 0.6) is 0 Å². The second-order valence-electron chi connectivity index (χ2n) is 8.16. The predicted octanol–water partition coefficient (Wildman–Crippen LogP) is 5.76. The minimum Gasteiger partial charge on any atom is -0.340 e. The lowest BCUT2D eigenvalue weighted by atomic mass is 10.1. The first-order chi connectivity index (χ1) is 17.5. The maximum atomic E-state index is 12.7. The molecule has 176 valence electrons. The highest BCUT2D eigenvalue weighted by Gasteiger charge is 2.15. The van der Waals surface area contributed by atoms with Crippen LogP contribution < -0.4 is 5.43 Å². The summed E-state index contributed by atoms with van der Waals surface area (Å²) >= 11 is 1.25. The van der Waals surface area contributed by atoms with Crippen molar-refractivity contribution < 1.29 is 9.72 Å². The molecule has 3 aromatic carbocycles. The Morgan fingerprint density at radius 3 is 2.75 bits per heavy atom. The van der Waals surface area contributed by atoms with E-state index in [0.29, 0.717) is 22.4 Å². The average Bonchev–Trinajstić information content (AvgIpc) is 3.43. The third kappa shape index (κ3) is 4.21. The highest BCUT2D eigenvalue weighted by Crippen LogP contribution is 2.29. The van der Waals surface area contributed by atoms with Crippen LogP contribution in [0.25, 0.3) is 21.0 Å². The number of rotatable bonds is 6. The monoisotopic (exact) mass is 493 g/mol. The van der Waals surface area contributed by atoms with Crippen molar-refractivity contribution in [3.05, 3.63) is 110 Å². The van der Waals surface area contributed by atoms with E-state index >= 15 is 0 Å². The molecule has 0 saturated carbocycles. The number of amides is 1. The summed E-state index contributed by atoms with van der Waals surface area (Å²) in [5.41, 5.74) is 6.93. The van der Waals surface area contributed by atoms with Crippen molar-refractivity contribution in [1.82, 2.24) is 9.99 Å². The highest BCUT2D eigenvalue weighted by molar-refractivity contribution is 7.20. The lowest BCUT2D eigenvalue weighted by molar-refractivity contribution is -0.384. The van der Waals surface area contributed by atoms with Crippen LogP contribution >= 0.6 is 11.3 Å². The van der Waals surface area contributed by atoms with E-state index in [-0.39, 0.29) is 11.6 Å². The smallest absolute Gasteiger partial charge is 0.281 e. The molecule has 1 N–H and O–H groups in total. The first kappa shape index (κ1) is 23.0. The van der Waals surface area contributed by atoms with Crippen molar-refractivity contribution >= 4 is 50.1 Å². The molecule has 0 saturated heterocycles. The highest BCUT2D eigenvalue weighted by atomic mass is 32.1. The summed E-state index contributed by atoms with van der Waals surface area (Å²) in [4.78, 5) is 23.7. The molecule has 0 bridgehead atoms. The van der Waals surface area contributed by atoms with Gasteiger partial charge in [-0.15, -0.1) is 11.3 Å². The van der Waals surface area contributed by atoms with Gasteiger partial charge in [-0.25, -0.2) is 5.43 Å². The zero-order chi connectivity index (χ0) is 25.2. The van der Waals surface area contributed by atoms with Crippen molar-refractivity contribution in [3.63, 3.8) is 0 Å². The molecule has 0 aliphatic heterocycles. The molecule has 0 radical (unpaired) electrons. The van der Waals surface area contributed by atoms with Gasteiger partial charge in [0.15, 0.2) is 0 Å². The van der Waals surface area contributed by atoms with Crippen LogP contribution in [-0.4, -0.2) is 21.6 Å². The summed E-state index contributed by atoms with van der Waals surface area (Å²) < 4.78 is 2.92. The molecule has 0 aliphatic rings. The van der Waals surface area contributed by atoms with Crippen molar-refractivity contribution in [2.24, 2.45) is 5.10 Å². The van der Waals surface area contributed by atoms with Crippen LogP contribution in [0.1, 0.15) is 32.1 Å². The molecule has 36 heavy (non-hydrogen) atoms. The van der Waals surface area contributed by atoms with E-state index in [0.717, 1.165) is 32.4 Å². The SMILES string of the molecule is Cc1c(C=NNC(=O)c2cc3cc([N+](=O)[O-])ccc3s2)c2ccccc2n1Cc1ccccc1C#N. The quantitative estimate of drug-likeness (QED) is 0.184. The first-order valence-electron chi connectivity index (χ1n) is 11.0. The van der Waals surface area contributed by atoms with Crippen LogP contribution in [-0.2, 0) is 6.54 Å². The van der Waals surface area contributed by atoms with Gasteiger partial charge in [0, 0.05) is 50.9 Å². The second kappa shape index (κ2) is 9.44. The van der Waals surface area contributed by atoms with Crippen LogP contribution in [0.3, 0.4) is 0 Å². The first-order valence-corrected chi connectivity index (χ1v) is 11.8. The number of aromatic nitrogens is 1. The Balaban J connectivity index is 1.42. The van der Waals surface area contributed by atoms with Crippen molar-refractivity contribution in [3.8, 4) is 6.07 Å². The third-order valence-electron chi connectivity index (χ3n) is 6.04. The molecule has 8 nitrogen and oxygen atoms in total. The lowest BCUT2D eigenvalue weighted by Crippen LogP contribution is -2.16. The Hall–Kier alpha value is -4.81. The number of carbonyl (C=O) groups is 1. The molecule has 0 unspecified atom stereocenters. The number of para-hydroxylation sites is 1. The number of hydrogen-bond donors (Lipinski definition) is 1. The fourth-order valence-electron chi connectivity index (χ4n) is 4.23. The molecule has 0 atom stereocenters. The molecule has 2 aromatic heterocycles. The molecule has 5 rings (SSSR count). The lowest BCUT2D eigenvalue weighted by Gasteiger charge is -2.10. The Kier molecular flexibility index (Phi) is 6.02. The number of nitro benzene ring substituents is 1. The van der Waals surface area contributed by atoms with Crippen LogP contribution in [0, 0.1) is 28.4 Å². The summed E-state index contributed by atoms with van der Waals surface area (Å²) in [6.45, 7) is 2.52. The fraction of sp³-hybridized carbons (Fsp3) is 0.0741. The molecule has 0 fully saturated rings. The fourth-order valence-corrected chi connectivity index (χ4v) is 5.16. The number of nitro groups is 1. The third-order valence-corrected chi connectivity index (χ3v) is 7.16. The van der Waals surface area contributed by atoms with E-state index in [1.165, 1.54) is 23.5 Å². The van der Waals surface area contributed by atoms with Crippen LogP contribution in [0.15, 0.2) is 77.9 Å². The van der Waals surface area contributed by atoms with Gasteiger partial charge in [-0.2, -0.15) is 10.4 Å². The van der Waals surface area contributed by atoms with E-state index in [1.54, 1.807) is 24.4 Å². The van der Waals surface area contributed by atoms with Crippen LogP contribution in [0.4, 0.5) is 5.69 Å². The normalized spacial score (nSPS) is 11.2. The number of benzene rings is 3. The van der Waals surface area contributed by atoms with E-state index < -0.39 is 4.92 Å². The number of carbonyl (C=O) groups excluding carboxylic acids is 1. The molecule has 0 aliphatic carbocycles. The Labute approximate surface area is 209 Å². The van der Waals surface area contributed by atoms with E-state index in [4.69, 9.17) is 0 Å². The summed E-state index contributed by atoms with van der Waals surface area (Å²) in [7, 11) is 0. The van der Waals surface area contributed by atoms with Gasteiger partial charge in [-0.3, -0.25) is 14.9 Å². The number of hydrazone groups is 1.